The molecule has 0 aliphatic heterocycles. The molecular weight excluding hydrogens is 309 g/mol. The third kappa shape index (κ3) is 2.52. The molecular formula is C16H13ClFNO3. The lowest BCUT2D eigenvalue weighted by Crippen LogP contribution is -2.15. The number of aldehydes is 1. The quantitative estimate of drug-likeness (QED) is 0.808. The summed E-state index contributed by atoms with van der Waals surface area (Å²) in [5.74, 6) is 0.343. The fourth-order valence-corrected chi connectivity index (χ4v) is 2.83. The van der Waals surface area contributed by atoms with Crippen LogP contribution in [0.4, 0.5) is 4.39 Å². The number of carbonyl (C=O) groups is 1. The van der Waals surface area contributed by atoms with Crippen LogP contribution in [0.2, 0.25) is 5.02 Å². The number of alkyl halides is 1. The molecule has 0 fully saturated rings. The number of methoxy groups -OCH3 is 1. The molecule has 22 heavy (non-hydrogen) atoms. The molecule has 2 atom stereocenters. The van der Waals surface area contributed by atoms with Gasteiger partial charge in [0.25, 0.3) is 0 Å². The topological polar surface area (TPSA) is 48.4 Å². The molecule has 6 heteroatoms. The fourth-order valence-electron chi connectivity index (χ4n) is 2.57. The maximum absolute atomic E-state index is 14.3. The van der Waals surface area contributed by atoms with Gasteiger partial charge in [0.1, 0.15) is 6.17 Å². The molecule has 4 nitrogen and oxygen atoms in total. The highest BCUT2D eigenvalue weighted by Gasteiger charge is 2.36. The van der Waals surface area contributed by atoms with E-state index in [0.717, 1.165) is 11.1 Å². The van der Waals surface area contributed by atoms with Gasteiger partial charge in [0, 0.05) is 23.1 Å². The first-order valence-electron chi connectivity index (χ1n) is 6.72. The van der Waals surface area contributed by atoms with Crippen LogP contribution in [0.15, 0.2) is 30.3 Å². The Morgan fingerprint density at radius 2 is 2.18 bits per heavy atom. The van der Waals surface area contributed by atoms with Crippen LogP contribution in [-0.2, 0) is 6.42 Å². The van der Waals surface area contributed by atoms with Gasteiger partial charge in [0.2, 0.25) is 11.8 Å². The Hall–Kier alpha value is -2.14. The Balaban J connectivity index is 1.91. The number of benzene rings is 1. The highest BCUT2D eigenvalue weighted by molar-refractivity contribution is 6.31. The molecule has 0 bridgehead atoms. The van der Waals surface area contributed by atoms with E-state index >= 15 is 0 Å². The van der Waals surface area contributed by atoms with Crippen LogP contribution in [0.25, 0.3) is 0 Å². The Morgan fingerprint density at radius 3 is 2.91 bits per heavy atom. The van der Waals surface area contributed by atoms with Crippen LogP contribution < -0.4 is 9.47 Å². The first-order chi connectivity index (χ1) is 10.6. The van der Waals surface area contributed by atoms with E-state index in [1.807, 2.05) is 0 Å². The summed E-state index contributed by atoms with van der Waals surface area (Å²) in [5.41, 5.74) is 1.79. The van der Waals surface area contributed by atoms with Crippen LogP contribution >= 0.6 is 11.6 Å². The van der Waals surface area contributed by atoms with E-state index in [-0.39, 0.29) is 18.2 Å². The van der Waals surface area contributed by atoms with E-state index in [9.17, 15) is 9.18 Å². The fraction of sp³-hybridized carbons (Fsp3) is 0.250. The summed E-state index contributed by atoms with van der Waals surface area (Å²) in [6.45, 7) is 0. The van der Waals surface area contributed by atoms with Gasteiger partial charge in [-0.05, 0) is 17.7 Å². The Bertz CT molecular complexity index is 723. The lowest BCUT2D eigenvalue weighted by Gasteiger charge is -2.17. The number of rotatable bonds is 4. The van der Waals surface area contributed by atoms with Crippen LogP contribution in [0.3, 0.4) is 0 Å². The number of hydrogen-bond donors (Lipinski definition) is 0. The smallest absolute Gasteiger partial charge is 0.227 e. The van der Waals surface area contributed by atoms with E-state index in [1.165, 1.54) is 19.2 Å². The average Bonchev–Trinajstić information content (AvgIpc) is 2.85. The largest absolute Gasteiger partial charge is 0.480 e. The predicted octanol–water partition coefficient (Wildman–Crippen LogP) is 3.57. The van der Waals surface area contributed by atoms with Gasteiger partial charge in [-0.15, -0.1) is 0 Å². The molecule has 0 unspecified atom stereocenters. The van der Waals surface area contributed by atoms with E-state index in [4.69, 9.17) is 21.1 Å². The zero-order valence-electron chi connectivity index (χ0n) is 11.8. The normalized spacial score (nSPS) is 19.6. The predicted molar refractivity (Wildman–Crippen MR) is 79.6 cm³/mol. The molecule has 0 amide bonds. The minimum atomic E-state index is -1.20. The monoisotopic (exact) mass is 321 g/mol. The molecule has 1 aliphatic rings. The van der Waals surface area contributed by atoms with E-state index < -0.39 is 12.3 Å². The second-order valence-electron chi connectivity index (χ2n) is 4.93. The highest BCUT2D eigenvalue weighted by Crippen LogP contribution is 2.40. The van der Waals surface area contributed by atoms with Gasteiger partial charge in [-0.2, -0.15) is 4.98 Å². The van der Waals surface area contributed by atoms with Crippen LogP contribution in [-0.4, -0.2) is 24.6 Å². The lowest BCUT2D eigenvalue weighted by molar-refractivity contribution is 0.108. The van der Waals surface area contributed by atoms with Crippen molar-refractivity contribution >= 4 is 17.9 Å². The van der Waals surface area contributed by atoms with Crippen molar-refractivity contribution in [1.29, 1.82) is 0 Å². The highest BCUT2D eigenvalue weighted by atomic mass is 35.5. The zero-order valence-corrected chi connectivity index (χ0v) is 12.5. The number of nitrogens with zero attached hydrogens (tertiary/aromatic N) is 1. The lowest BCUT2D eigenvalue weighted by atomic mass is 10.1. The molecule has 0 saturated carbocycles. The number of ether oxygens (including phenoxy) is 2. The standard InChI is InChI=1S/C16H13ClFNO3/c1-21-16-9(8-20)5-6-14(19-16)22-15-10-3-2-4-12(17)11(10)7-13(15)18/h2-6,8,13,15H,7H2,1H3/t13-,15+/m0/s1. The van der Waals surface area contributed by atoms with Crippen molar-refractivity contribution in [2.75, 3.05) is 7.11 Å². The number of aromatic nitrogens is 1. The minimum absolute atomic E-state index is 0.146. The maximum Gasteiger partial charge on any atom is 0.227 e. The van der Waals surface area contributed by atoms with Crippen molar-refractivity contribution in [2.24, 2.45) is 0 Å². The Morgan fingerprint density at radius 1 is 1.36 bits per heavy atom. The second-order valence-corrected chi connectivity index (χ2v) is 5.34. The minimum Gasteiger partial charge on any atom is -0.480 e. The SMILES string of the molecule is COc1nc(O[C@@H]2c3cccc(Cl)c3C[C@@H]2F)ccc1C=O. The molecule has 1 aliphatic carbocycles. The molecule has 1 aromatic heterocycles. The summed E-state index contributed by atoms with van der Waals surface area (Å²) in [7, 11) is 1.40. The zero-order chi connectivity index (χ0) is 15.7. The van der Waals surface area contributed by atoms with Crippen LogP contribution in [0.1, 0.15) is 27.6 Å². The van der Waals surface area contributed by atoms with Gasteiger partial charge in [-0.3, -0.25) is 4.79 Å². The van der Waals surface area contributed by atoms with Crippen molar-refractivity contribution in [2.45, 2.75) is 18.7 Å². The summed E-state index contributed by atoms with van der Waals surface area (Å²) in [5, 5.41) is 0.535. The third-order valence-electron chi connectivity index (χ3n) is 3.62. The number of fused-ring (bicyclic) bond motifs is 1. The molecule has 0 saturated heterocycles. The average molecular weight is 322 g/mol. The van der Waals surface area contributed by atoms with Crippen molar-refractivity contribution in [3.63, 3.8) is 0 Å². The van der Waals surface area contributed by atoms with Crippen molar-refractivity contribution in [3.8, 4) is 11.8 Å². The van der Waals surface area contributed by atoms with Gasteiger partial charge in [0.05, 0.1) is 12.7 Å². The van der Waals surface area contributed by atoms with Crippen molar-refractivity contribution < 1.29 is 18.7 Å². The van der Waals surface area contributed by atoms with Gasteiger partial charge >= 0.3 is 0 Å². The Labute approximate surface area is 131 Å². The maximum atomic E-state index is 14.3. The number of pyridine rings is 1. The molecule has 114 valence electrons. The van der Waals surface area contributed by atoms with Crippen molar-refractivity contribution in [3.05, 3.63) is 52.0 Å². The molecule has 1 aromatic carbocycles. The third-order valence-corrected chi connectivity index (χ3v) is 3.98. The van der Waals surface area contributed by atoms with E-state index in [1.54, 1.807) is 18.2 Å². The summed E-state index contributed by atoms with van der Waals surface area (Å²) in [6, 6.07) is 8.33. The van der Waals surface area contributed by atoms with Crippen LogP contribution in [0.5, 0.6) is 11.8 Å². The molecule has 0 spiro atoms. The summed E-state index contributed by atoms with van der Waals surface area (Å²) in [4.78, 5) is 14.9. The summed E-state index contributed by atoms with van der Waals surface area (Å²) >= 11 is 6.09. The van der Waals surface area contributed by atoms with Gasteiger partial charge in [-0.1, -0.05) is 23.7 Å². The summed E-state index contributed by atoms with van der Waals surface area (Å²) in [6.07, 6.45) is -1.12. The number of halogens is 2. The number of carbonyl (C=O) groups excluding carboxylic acids is 1. The second kappa shape index (κ2) is 5.93. The molecule has 2 aromatic rings. The first kappa shape index (κ1) is 14.8. The van der Waals surface area contributed by atoms with Crippen LogP contribution in [0, 0.1) is 0 Å². The summed E-state index contributed by atoms with van der Waals surface area (Å²) < 4.78 is 25.0. The molecule has 0 radical (unpaired) electrons. The van der Waals surface area contributed by atoms with Crippen molar-refractivity contribution in [1.82, 2.24) is 4.98 Å². The molecule has 1 heterocycles. The van der Waals surface area contributed by atoms with Gasteiger partial charge in [0.15, 0.2) is 12.4 Å². The van der Waals surface area contributed by atoms with E-state index in [2.05, 4.69) is 4.98 Å². The number of hydrogen-bond acceptors (Lipinski definition) is 4. The Kier molecular flexibility index (Phi) is 3.98. The first-order valence-corrected chi connectivity index (χ1v) is 7.10. The molecule has 0 N–H and O–H groups in total. The van der Waals surface area contributed by atoms with E-state index in [0.29, 0.717) is 16.9 Å². The van der Waals surface area contributed by atoms with Gasteiger partial charge in [-0.25, -0.2) is 4.39 Å². The van der Waals surface area contributed by atoms with Gasteiger partial charge < -0.3 is 9.47 Å². The molecule has 3 rings (SSSR count).